The third-order valence-corrected chi connectivity index (χ3v) is 9.83. The Morgan fingerprint density at radius 1 is 1.20 bits per heavy atom. The Balaban J connectivity index is 6.00. The fourth-order valence-corrected chi connectivity index (χ4v) is 4.08. The van der Waals surface area contributed by atoms with Crippen molar-refractivity contribution in [2.24, 2.45) is 11.0 Å². The number of azide groups is 1. The van der Waals surface area contributed by atoms with Crippen LogP contribution >= 0.6 is 0 Å². The lowest BCUT2D eigenvalue weighted by atomic mass is 9.98. The zero-order valence-corrected chi connectivity index (χ0v) is 21.7. The van der Waals surface area contributed by atoms with Crippen LogP contribution in [0, 0.1) is 5.92 Å². The van der Waals surface area contributed by atoms with E-state index in [9.17, 15) is 13.2 Å². The predicted octanol–water partition coefficient (Wildman–Crippen LogP) is 4.19. The van der Waals surface area contributed by atoms with E-state index in [1.807, 2.05) is 20.0 Å². The van der Waals surface area contributed by atoms with E-state index in [2.05, 4.69) is 36.1 Å². The van der Waals surface area contributed by atoms with Crippen molar-refractivity contribution in [1.29, 1.82) is 0 Å². The first-order valence-electron chi connectivity index (χ1n) is 9.81. The summed E-state index contributed by atoms with van der Waals surface area (Å²) in [5, 5.41) is 6.18. The van der Waals surface area contributed by atoms with Gasteiger partial charge in [0.15, 0.2) is 8.32 Å². The molecule has 0 aliphatic heterocycles. The minimum Gasteiger partial charge on any atom is -0.444 e. The molecule has 0 heterocycles. The fraction of sp³-hybridized carbons (Fsp3) is 0.944. The second kappa shape index (κ2) is 10.8. The largest absolute Gasteiger partial charge is 0.444 e. The van der Waals surface area contributed by atoms with Gasteiger partial charge in [-0.2, -0.15) is 8.42 Å². The molecule has 30 heavy (non-hydrogen) atoms. The number of ether oxygens (including phenoxy) is 1. The lowest BCUT2D eigenvalue weighted by Crippen LogP contribution is -2.56. The smallest absolute Gasteiger partial charge is 0.408 e. The first kappa shape index (κ1) is 28.7. The molecule has 12 heteroatoms. The quantitative estimate of drug-likeness (QED) is 0.168. The molecule has 176 valence electrons. The minimum absolute atomic E-state index is 0.112. The van der Waals surface area contributed by atoms with Crippen molar-refractivity contribution in [2.45, 2.75) is 84.3 Å². The van der Waals surface area contributed by atoms with E-state index in [-0.39, 0.29) is 24.1 Å². The number of carbonyl (C=O) groups is 1. The Kier molecular flexibility index (Phi) is 10.3. The van der Waals surface area contributed by atoms with Crippen molar-refractivity contribution in [1.82, 2.24) is 5.32 Å². The van der Waals surface area contributed by atoms with Crippen molar-refractivity contribution in [3.05, 3.63) is 10.4 Å². The van der Waals surface area contributed by atoms with E-state index in [0.29, 0.717) is 0 Å². The van der Waals surface area contributed by atoms with Crippen molar-refractivity contribution in [2.75, 3.05) is 19.4 Å². The van der Waals surface area contributed by atoms with Gasteiger partial charge >= 0.3 is 6.09 Å². The number of hydrogen-bond acceptors (Lipinski definition) is 7. The summed E-state index contributed by atoms with van der Waals surface area (Å²) in [6.45, 7) is 17.1. The molecule has 10 nitrogen and oxygen atoms in total. The molecule has 0 aliphatic carbocycles. The molecule has 1 N–H and O–H groups in total. The normalized spacial score (nSPS) is 16.2. The van der Waals surface area contributed by atoms with Gasteiger partial charge in [0.2, 0.25) is 0 Å². The lowest BCUT2D eigenvalue weighted by Gasteiger charge is -2.43. The van der Waals surface area contributed by atoms with Crippen LogP contribution in [0.2, 0.25) is 18.1 Å². The molecule has 0 spiro atoms. The Morgan fingerprint density at radius 3 is 2.13 bits per heavy atom. The Hall–Kier alpha value is -1.33. The highest BCUT2D eigenvalue weighted by Crippen LogP contribution is 2.38. The summed E-state index contributed by atoms with van der Waals surface area (Å²) in [5.74, 6) is -0.321. The summed E-state index contributed by atoms with van der Waals surface area (Å²) >= 11 is 0. The van der Waals surface area contributed by atoms with Crippen LogP contribution in [0.1, 0.15) is 48.5 Å². The van der Waals surface area contributed by atoms with Crippen LogP contribution < -0.4 is 5.32 Å². The van der Waals surface area contributed by atoms with Crippen LogP contribution in [0.3, 0.4) is 0 Å². The summed E-state index contributed by atoms with van der Waals surface area (Å²) < 4.78 is 40.0. The number of hydrogen-bond donors (Lipinski definition) is 1. The average molecular weight is 467 g/mol. The van der Waals surface area contributed by atoms with Gasteiger partial charge in [0.05, 0.1) is 25.0 Å². The number of carbonyl (C=O) groups excluding carboxylic acids is 1. The van der Waals surface area contributed by atoms with Gasteiger partial charge in [-0.3, -0.25) is 4.18 Å². The maximum Gasteiger partial charge on any atom is 0.408 e. The summed E-state index contributed by atoms with van der Waals surface area (Å²) in [4.78, 5) is 15.2. The fourth-order valence-electron chi connectivity index (χ4n) is 2.26. The van der Waals surface area contributed by atoms with Crippen LogP contribution in [-0.4, -0.2) is 60.0 Å². The third-order valence-electron chi connectivity index (χ3n) is 4.79. The van der Waals surface area contributed by atoms with Crippen molar-refractivity contribution in [3.8, 4) is 0 Å². The molecule has 0 saturated heterocycles. The second-order valence-corrected chi connectivity index (χ2v) is 16.4. The first-order valence-corrected chi connectivity index (χ1v) is 14.5. The number of amides is 1. The second-order valence-electron chi connectivity index (χ2n) is 9.97. The van der Waals surface area contributed by atoms with Gasteiger partial charge < -0.3 is 14.5 Å². The van der Waals surface area contributed by atoms with Crippen LogP contribution in [0.15, 0.2) is 5.11 Å². The maximum atomic E-state index is 12.4. The highest BCUT2D eigenvalue weighted by atomic mass is 32.2. The first-order chi connectivity index (χ1) is 13.3. The van der Waals surface area contributed by atoms with E-state index < -0.39 is 42.3 Å². The van der Waals surface area contributed by atoms with E-state index in [0.717, 1.165) is 6.26 Å². The highest BCUT2D eigenvalue weighted by molar-refractivity contribution is 7.85. The van der Waals surface area contributed by atoms with E-state index >= 15 is 0 Å². The van der Waals surface area contributed by atoms with E-state index in [1.54, 1.807) is 20.8 Å². The molecule has 0 aromatic rings. The SMILES string of the molecule is C[C@@H](CN=[N+]=[N-])[C@@H](O[Si](C)(C)C(C)(C)C)C(COS(C)(=O)=O)NC(=O)OC(C)(C)C. The standard InChI is InChI=1S/C18H38N4O6SSi/c1-13(11-20-22-19)15(28-30(9,10)18(5,6)7)14(12-26-29(8,24)25)21-16(23)27-17(2,3)4/h13-15H,11-12H2,1-10H3,(H,21,23)/t13-,14?,15+/m0/s1. The van der Waals surface area contributed by atoms with Crippen LogP contribution in [-0.2, 0) is 23.5 Å². The molecular formula is C18H38N4O6SSi. The Morgan fingerprint density at radius 2 is 1.73 bits per heavy atom. The minimum atomic E-state index is -3.76. The average Bonchev–Trinajstić information content (AvgIpc) is 2.50. The van der Waals surface area contributed by atoms with Gasteiger partial charge in [0.25, 0.3) is 10.1 Å². The highest BCUT2D eigenvalue weighted by Gasteiger charge is 2.43. The van der Waals surface area contributed by atoms with Gasteiger partial charge in [-0.1, -0.05) is 32.8 Å². The predicted molar refractivity (Wildman–Crippen MR) is 119 cm³/mol. The van der Waals surface area contributed by atoms with Gasteiger partial charge in [0, 0.05) is 11.5 Å². The maximum absolute atomic E-state index is 12.4. The van der Waals surface area contributed by atoms with Crippen molar-refractivity contribution >= 4 is 24.5 Å². The van der Waals surface area contributed by atoms with Gasteiger partial charge in [-0.25, -0.2) is 4.79 Å². The van der Waals surface area contributed by atoms with Crippen LogP contribution in [0.4, 0.5) is 4.79 Å². The monoisotopic (exact) mass is 466 g/mol. The molecule has 0 bridgehead atoms. The van der Waals surface area contributed by atoms with Gasteiger partial charge in [-0.05, 0) is 50.4 Å². The summed E-state index contributed by atoms with van der Waals surface area (Å²) in [5.41, 5.74) is 7.98. The summed E-state index contributed by atoms with van der Waals surface area (Å²) in [7, 11) is -6.09. The van der Waals surface area contributed by atoms with Crippen LogP contribution in [0.5, 0.6) is 0 Å². The molecule has 0 aliphatic rings. The zero-order chi connectivity index (χ0) is 24.0. The number of rotatable bonds is 10. The topological polar surface area (TPSA) is 140 Å². The molecule has 0 aromatic heterocycles. The number of nitrogens with zero attached hydrogens (tertiary/aromatic N) is 3. The molecule has 1 unspecified atom stereocenters. The molecule has 0 saturated carbocycles. The Labute approximate surface area is 181 Å². The molecule has 0 aromatic carbocycles. The van der Waals surface area contributed by atoms with Crippen molar-refractivity contribution < 1.29 is 26.6 Å². The molecule has 0 fully saturated rings. The van der Waals surface area contributed by atoms with Crippen LogP contribution in [0.25, 0.3) is 10.4 Å². The molecule has 0 radical (unpaired) electrons. The Bertz CT molecular complexity index is 724. The molecular weight excluding hydrogens is 428 g/mol. The molecule has 0 rings (SSSR count). The third kappa shape index (κ3) is 11.2. The van der Waals surface area contributed by atoms with Gasteiger partial charge in [-0.15, -0.1) is 0 Å². The number of nitrogens with one attached hydrogen (secondary N) is 1. The molecule has 3 atom stereocenters. The van der Waals surface area contributed by atoms with Gasteiger partial charge in [0.1, 0.15) is 5.60 Å². The summed E-state index contributed by atoms with van der Waals surface area (Å²) in [6, 6.07) is -0.840. The molecule has 1 amide bonds. The van der Waals surface area contributed by atoms with Crippen molar-refractivity contribution in [3.63, 3.8) is 0 Å². The zero-order valence-electron chi connectivity index (χ0n) is 19.8. The van der Waals surface area contributed by atoms with E-state index in [4.69, 9.17) is 18.9 Å². The lowest BCUT2D eigenvalue weighted by molar-refractivity contribution is 0.0305. The number of alkyl carbamates (subject to hydrolysis) is 1. The van der Waals surface area contributed by atoms with E-state index in [1.165, 1.54) is 0 Å². The summed E-state index contributed by atoms with van der Waals surface area (Å²) in [6.07, 6.45) is -0.444.